The summed E-state index contributed by atoms with van der Waals surface area (Å²) in [7, 11) is 0. The zero-order chi connectivity index (χ0) is 14.3. The first-order valence-electron chi connectivity index (χ1n) is 6.44. The third-order valence-corrected chi connectivity index (χ3v) is 3.51. The average Bonchev–Trinajstić information content (AvgIpc) is 2.38. The van der Waals surface area contributed by atoms with Gasteiger partial charge in [0.25, 0.3) is 0 Å². The van der Waals surface area contributed by atoms with E-state index in [4.69, 9.17) is 5.11 Å². The number of likely N-dealkylation sites (N-methyl/N-ethyl adjacent to an activating group) is 1. The molecule has 0 bridgehead atoms. The Labute approximate surface area is 122 Å². The lowest BCUT2D eigenvalue weighted by Gasteiger charge is -2.20. The number of hydrogen-bond acceptors (Lipinski definition) is 3. The number of carbonyl (C=O) groups excluding carboxylic acids is 1. The van der Waals surface area contributed by atoms with Crippen molar-refractivity contribution in [2.75, 3.05) is 26.2 Å². The van der Waals surface area contributed by atoms with Crippen LogP contribution in [0, 0.1) is 0 Å². The maximum absolute atomic E-state index is 11.9. The fourth-order valence-corrected chi connectivity index (χ4v) is 2.08. The monoisotopic (exact) mass is 328 g/mol. The van der Waals surface area contributed by atoms with E-state index < -0.39 is 0 Å². The topological polar surface area (TPSA) is 52.6 Å². The number of nitrogens with one attached hydrogen (secondary N) is 1. The molecule has 0 aliphatic rings. The van der Waals surface area contributed by atoms with Crippen molar-refractivity contribution in [1.29, 1.82) is 0 Å². The van der Waals surface area contributed by atoms with Crippen LogP contribution in [0.3, 0.4) is 0 Å². The standard InChI is InChI=1S/C14H21BrN2O2/c1-3-17(8-9-18)10-14(19)16-11(2)12-4-6-13(15)7-5-12/h4-7,11,18H,3,8-10H2,1-2H3,(H,16,19). The van der Waals surface area contributed by atoms with Crippen LogP contribution in [0.1, 0.15) is 25.5 Å². The van der Waals surface area contributed by atoms with Gasteiger partial charge in [-0.05, 0) is 31.2 Å². The molecular weight excluding hydrogens is 308 g/mol. The van der Waals surface area contributed by atoms with E-state index in [1.807, 2.05) is 43.0 Å². The molecule has 1 amide bonds. The van der Waals surface area contributed by atoms with Gasteiger partial charge in [-0.2, -0.15) is 0 Å². The van der Waals surface area contributed by atoms with Crippen molar-refractivity contribution in [3.8, 4) is 0 Å². The Hall–Kier alpha value is -0.910. The molecule has 0 saturated carbocycles. The Kier molecular flexibility index (Phi) is 7.05. The number of aliphatic hydroxyl groups is 1. The van der Waals surface area contributed by atoms with Crippen LogP contribution in [0.2, 0.25) is 0 Å². The van der Waals surface area contributed by atoms with Gasteiger partial charge < -0.3 is 10.4 Å². The fraction of sp³-hybridized carbons (Fsp3) is 0.500. The van der Waals surface area contributed by atoms with Gasteiger partial charge >= 0.3 is 0 Å². The molecule has 4 nitrogen and oxygen atoms in total. The van der Waals surface area contributed by atoms with Crippen molar-refractivity contribution in [3.63, 3.8) is 0 Å². The van der Waals surface area contributed by atoms with Crippen LogP contribution in [-0.4, -0.2) is 42.2 Å². The summed E-state index contributed by atoms with van der Waals surface area (Å²) in [6, 6.07) is 7.87. The first kappa shape index (κ1) is 16.1. The van der Waals surface area contributed by atoms with Crippen molar-refractivity contribution in [2.45, 2.75) is 19.9 Å². The maximum Gasteiger partial charge on any atom is 0.234 e. The summed E-state index contributed by atoms with van der Waals surface area (Å²) in [4.78, 5) is 13.8. The predicted molar refractivity (Wildman–Crippen MR) is 79.9 cm³/mol. The lowest BCUT2D eigenvalue weighted by molar-refractivity contribution is -0.122. The normalized spacial score (nSPS) is 12.5. The van der Waals surface area contributed by atoms with E-state index in [9.17, 15) is 4.79 Å². The second-order valence-electron chi connectivity index (χ2n) is 4.43. The summed E-state index contributed by atoms with van der Waals surface area (Å²) in [6.07, 6.45) is 0. The van der Waals surface area contributed by atoms with Gasteiger partial charge in [-0.25, -0.2) is 0 Å². The molecule has 1 atom stereocenters. The van der Waals surface area contributed by atoms with Gasteiger partial charge in [0.1, 0.15) is 0 Å². The largest absolute Gasteiger partial charge is 0.395 e. The average molecular weight is 329 g/mol. The molecule has 0 radical (unpaired) electrons. The highest BCUT2D eigenvalue weighted by molar-refractivity contribution is 9.10. The van der Waals surface area contributed by atoms with Crippen LogP contribution in [0.15, 0.2) is 28.7 Å². The third kappa shape index (κ3) is 5.72. The SMILES string of the molecule is CCN(CCO)CC(=O)NC(C)c1ccc(Br)cc1. The Morgan fingerprint density at radius 3 is 2.58 bits per heavy atom. The van der Waals surface area contributed by atoms with Crippen LogP contribution in [-0.2, 0) is 4.79 Å². The van der Waals surface area contributed by atoms with Crippen molar-refractivity contribution >= 4 is 21.8 Å². The number of aliphatic hydroxyl groups excluding tert-OH is 1. The van der Waals surface area contributed by atoms with Gasteiger partial charge in [-0.15, -0.1) is 0 Å². The summed E-state index contributed by atoms with van der Waals surface area (Å²) in [5, 5.41) is 11.9. The van der Waals surface area contributed by atoms with Gasteiger partial charge in [-0.1, -0.05) is 35.0 Å². The number of rotatable bonds is 7. The first-order valence-corrected chi connectivity index (χ1v) is 7.24. The smallest absolute Gasteiger partial charge is 0.234 e. The molecule has 0 aliphatic carbocycles. The molecule has 5 heteroatoms. The number of benzene rings is 1. The summed E-state index contributed by atoms with van der Waals surface area (Å²) in [5.74, 6) is -0.0225. The molecule has 2 N–H and O–H groups in total. The molecule has 1 aromatic rings. The molecule has 0 heterocycles. The molecule has 0 fully saturated rings. The number of carbonyl (C=O) groups is 1. The first-order chi connectivity index (χ1) is 9.06. The highest BCUT2D eigenvalue weighted by atomic mass is 79.9. The Morgan fingerprint density at radius 1 is 1.42 bits per heavy atom. The molecule has 0 saturated heterocycles. The zero-order valence-electron chi connectivity index (χ0n) is 11.4. The lowest BCUT2D eigenvalue weighted by atomic mass is 10.1. The van der Waals surface area contributed by atoms with Crippen molar-refractivity contribution in [3.05, 3.63) is 34.3 Å². The minimum Gasteiger partial charge on any atom is -0.395 e. The molecule has 106 valence electrons. The molecular formula is C14H21BrN2O2. The summed E-state index contributed by atoms with van der Waals surface area (Å²) in [5.41, 5.74) is 1.07. The van der Waals surface area contributed by atoms with Gasteiger partial charge in [0, 0.05) is 11.0 Å². The van der Waals surface area contributed by atoms with E-state index in [2.05, 4.69) is 21.2 Å². The number of amides is 1. The number of nitrogens with zero attached hydrogens (tertiary/aromatic N) is 1. The Balaban J connectivity index is 2.49. The zero-order valence-corrected chi connectivity index (χ0v) is 13.0. The Morgan fingerprint density at radius 2 is 2.05 bits per heavy atom. The molecule has 0 aliphatic heterocycles. The summed E-state index contributed by atoms with van der Waals surface area (Å²) >= 11 is 3.39. The highest BCUT2D eigenvalue weighted by Gasteiger charge is 2.12. The van der Waals surface area contributed by atoms with E-state index in [-0.39, 0.29) is 18.6 Å². The van der Waals surface area contributed by atoms with E-state index in [1.165, 1.54) is 0 Å². The van der Waals surface area contributed by atoms with E-state index in [1.54, 1.807) is 0 Å². The second-order valence-corrected chi connectivity index (χ2v) is 5.35. The van der Waals surface area contributed by atoms with Gasteiger partial charge in [0.2, 0.25) is 5.91 Å². The second kappa shape index (κ2) is 8.30. The van der Waals surface area contributed by atoms with Crippen molar-refractivity contribution < 1.29 is 9.90 Å². The maximum atomic E-state index is 11.9. The number of halogens is 1. The van der Waals surface area contributed by atoms with Crippen LogP contribution < -0.4 is 5.32 Å². The minimum atomic E-state index is -0.0225. The minimum absolute atomic E-state index is 0.0200. The molecule has 1 unspecified atom stereocenters. The van der Waals surface area contributed by atoms with Crippen molar-refractivity contribution in [2.24, 2.45) is 0 Å². The molecule has 0 aromatic heterocycles. The molecule has 1 rings (SSSR count). The van der Waals surface area contributed by atoms with Gasteiger partial charge in [0.15, 0.2) is 0 Å². The summed E-state index contributed by atoms with van der Waals surface area (Å²) in [6.45, 7) is 5.60. The van der Waals surface area contributed by atoms with Crippen molar-refractivity contribution in [1.82, 2.24) is 10.2 Å². The summed E-state index contributed by atoms with van der Waals surface area (Å²) < 4.78 is 1.02. The van der Waals surface area contributed by atoms with Gasteiger partial charge in [0.05, 0.1) is 19.2 Å². The van der Waals surface area contributed by atoms with E-state index >= 15 is 0 Å². The predicted octanol–water partition coefficient (Wildman–Crippen LogP) is 1.94. The van der Waals surface area contributed by atoms with Crippen LogP contribution >= 0.6 is 15.9 Å². The quantitative estimate of drug-likeness (QED) is 0.804. The van der Waals surface area contributed by atoms with Crippen LogP contribution in [0.5, 0.6) is 0 Å². The molecule has 19 heavy (non-hydrogen) atoms. The van der Waals surface area contributed by atoms with Crippen LogP contribution in [0.4, 0.5) is 0 Å². The van der Waals surface area contributed by atoms with E-state index in [0.717, 1.165) is 16.6 Å². The molecule has 1 aromatic carbocycles. The van der Waals surface area contributed by atoms with Crippen LogP contribution in [0.25, 0.3) is 0 Å². The fourth-order valence-electron chi connectivity index (χ4n) is 1.82. The number of hydrogen-bond donors (Lipinski definition) is 2. The molecule has 0 spiro atoms. The lowest BCUT2D eigenvalue weighted by Crippen LogP contribution is -2.39. The Bertz CT molecular complexity index is 395. The highest BCUT2D eigenvalue weighted by Crippen LogP contribution is 2.16. The van der Waals surface area contributed by atoms with Gasteiger partial charge in [-0.3, -0.25) is 9.69 Å². The third-order valence-electron chi connectivity index (χ3n) is 2.98. The van der Waals surface area contributed by atoms with E-state index in [0.29, 0.717) is 13.1 Å².